The lowest BCUT2D eigenvalue weighted by Crippen LogP contribution is -2.32. The molecule has 0 radical (unpaired) electrons. The van der Waals surface area contributed by atoms with Gasteiger partial charge in [0.15, 0.2) is 5.65 Å². The van der Waals surface area contributed by atoms with E-state index >= 15 is 0 Å². The molecule has 3 heterocycles. The standard InChI is InChI=1S/C20H21ClFN5O/c21-13-10-17-20(23-12-13)26-19(25-17)15-11-14(4-5-16(15)22)24-18(28)6-9-27-7-2-1-3-8-27/h4-5,10-12H,1-3,6-9H2,(H,24,28)(H,23,25,26). The lowest BCUT2D eigenvalue weighted by molar-refractivity contribution is -0.116. The number of hydrogen-bond donors (Lipinski definition) is 2. The Morgan fingerprint density at radius 2 is 2.07 bits per heavy atom. The number of anilines is 1. The minimum absolute atomic E-state index is 0.0822. The first-order valence-corrected chi connectivity index (χ1v) is 9.80. The molecule has 146 valence electrons. The zero-order chi connectivity index (χ0) is 19.5. The average Bonchev–Trinajstić information content (AvgIpc) is 3.11. The van der Waals surface area contributed by atoms with Crippen molar-refractivity contribution in [2.24, 2.45) is 0 Å². The third-order valence-corrected chi connectivity index (χ3v) is 5.12. The quantitative estimate of drug-likeness (QED) is 0.670. The van der Waals surface area contributed by atoms with E-state index in [1.54, 1.807) is 18.2 Å². The molecule has 3 aromatic rings. The van der Waals surface area contributed by atoms with Crippen molar-refractivity contribution in [1.82, 2.24) is 19.9 Å². The van der Waals surface area contributed by atoms with Gasteiger partial charge < -0.3 is 15.2 Å². The van der Waals surface area contributed by atoms with Crippen molar-refractivity contribution in [1.29, 1.82) is 0 Å². The number of likely N-dealkylation sites (tertiary alicyclic amines) is 1. The predicted octanol–water partition coefficient (Wildman–Crippen LogP) is 4.23. The van der Waals surface area contributed by atoms with Gasteiger partial charge in [0, 0.05) is 24.8 Å². The van der Waals surface area contributed by atoms with Crippen LogP contribution in [0.15, 0.2) is 30.5 Å². The van der Waals surface area contributed by atoms with Gasteiger partial charge in [0.1, 0.15) is 11.6 Å². The number of aromatic amines is 1. The summed E-state index contributed by atoms with van der Waals surface area (Å²) < 4.78 is 14.4. The highest BCUT2D eigenvalue weighted by Crippen LogP contribution is 2.26. The van der Waals surface area contributed by atoms with Gasteiger partial charge >= 0.3 is 0 Å². The van der Waals surface area contributed by atoms with Gasteiger partial charge in [0.25, 0.3) is 0 Å². The van der Waals surface area contributed by atoms with Crippen molar-refractivity contribution in [3.63, 3.8) is 0 Å². The number of rotatable bonds is 5. The average molecular weight is 402 g/mol. The molecule has 1 amide bonds. The lowest BCUT2D eigenvalue weighted by atomic mass is 10.1. The largest absolute Gasteiger partial charge is 0.336 e. The topological polar surface area (TPSA) is 73.9 Å². The summed E-state index contributed by atoms with van der Waals surface area (Å²) in [4.78, 5) is 26.1. The summed E-state index contributed by atoms with van der Waals surface area (Å²) in [7, 11) is 0. The van der Waals surface area contributed by atoms with E-state index in [9.17, 15) is 9.18 Å². The highest BCUT2D eigenvalue weighted by Gasteiger charge is 2.15. The van der Waals surface area contributed by atoms with E-state index in [0.717, 1.165) is 19.6 Å². The molecule has 8 heteroatoms. The maximum atomic E-state index is 14.4. The molecule has 1 aromatic carbocycles. The Balaban J connectivity index is 1.47. The molecule has 28 heavy (non-hydrogen) atoms. The van der Waals surface area contributed by atoms with Gasteiger partial charge in [0.05, 0.1) is 16.1 Å². The molecule has 0 spiro atoms. The van der Waals surface area contributed by atoms with E-state index in [0.29, 0.717) is 34.1 Å². The summed E-state index contributed by atoms with van der Waals surface area (Å²) in [5.41, 5.74) is 1.88. The van der Waals surface area contributed by atoms with Crippen LogP contribution in [0.1, 0.15) is 25.7 Å². The van der Waals surface area contributed by atoms with Crippen LogP contribution in [0.3, 0.4) is 0 Å². The van der Waals surface area contributed by atoms with Crippen molar-refractivity contribution in [2.45, 2.75) is 25.7 Å². The monoisotopic (exact) mass is 401 g/mol. The van der Waals surface area contributed by atoms with Gasteiger partial charge in [-0.2, -0.15) is 0 Å². The number of imidazole rings is 1. The summed E-state index contributed by atoms with van der Waals surface area (Å²) in [6, 6.07) is 6.14. The first-order chi connectivity index (χ1) is 13.6. The van der Waals surface area contributed by atoms with Crippen molar-refractivity contribution in [2.75, 3.05) is 25.0 Å². The SMILES string of the molecule is O=C(CCN1CCCCC1)Nc1ccc(F)c(-c2nc3ncc(Cl)cc3[nH]2)c1. The third-order valence-electron chi connectivity index (χ3n) is 4.91. The summed E-state index contributed by atoms with van der Waals surface area (Å²) in [5, 5.41) is 3.32. The number of amides is 1. The van der Waals surface area contributed by atoms with Gasteiger partial charge in [-0.1, -0.05) is 18.0 Å². The first-order valence-electron chi connectivity index (χ1n) is 9.42. The van der Waals surface area contributed by atoms with E-state index in [4.69, 9.17) is 11.6 Å². The zero-order valence-corrected chi connectivity index (χ0v) is 16.1. The predicted molar refractivity (Wildman–Crippen MR) is 108 cm³/mol. The molecule has 6 nitrogen and oxygen atoms in total. The van der Waals surface area contributed by atoms with Crippen LogP contribution in [0.25, 0.3) is 22.6 Å². The minimum atomic E-state index is -0.434. The Morgan fingerprint density at radius 1 is 1.25 bits per heavy atom. The maximum absolute atomic E-state index is 14.4. The van der Waals surface area contributed by atoms with Crippen LogP contribution in [-0.2, 0) is 4.79 Å². The number of piperidine rings is 1. The van der Waals surface area contributed by atoms with Crippen LogP contribution in [0.4, 0.5) is 10.1 Å². The van der Waals surface area contributed by atoms with Crippen LogP contribution < -0.4 is 5.32 Å². The van der Waals surface area contributed by atoms with Crippen LogP contribution in [0.5, 0.6) is 0 Å². The number of hydrogen-bond acceptors (Lipinski definition) is 4. The fourth-order valence-electron chi connectivity index (χ4n) is 3.45. The van der Waals surface area contributed by atoms with Crippen LogP contribution in [0.2, 0.25) is 5.02 Å². The second-order valence-electron chi connectivity index (χ2n) is 7.01. The van der Waals surface area contributed by atoms with Crippen LogP contribution >= 0.6 is 11.6 Å². The number of pyridine rings is 1. The fourth-order valence-corrected chi connectivity index (χ4v) is 3.61. The fraction of sp³-hybridized carbons (Fsp3) is 0.350. The number of fused-ring (bicyclic) bond motifs is 1. The normalized spacial score (nSPS) is 15.1. The van der Waals surface area contributed by atoms with Gasteiger partial charge in [-0.05, 0) is 50.2 Å². The number of H-pyrrole nitrogens is 1. The van der Waals surface area contributed by atoms with E-state index in [1.807, 2.05) is 0 Å². The van der Waals surface area contributed by atoms with E-state index in [2.05, 4.69) is 25.2 Å². The van der Waals surface area contributed by atoms with Crippen LogP contribution in [-0.4, -0.2) is 45.4 Å². The molecule has 0 atom stereocenters. The molecule has 1 aliphatic rings. The third kappa shape index (κ3) is 4.31. The summed E-state index contributed by atoms with van der Waals surface area (Å²) in [6.07, 6.45) is 5.56. The minimum Gasteiger partial charge on any atom is -0.336 e. The Labute approximate surface area is 167 Å². The molecule has 1 saturated heterocycles. The van der Waals surface area contributed by atoms with Crippen LogP contribution in [0, 0.1) is 5.82 Å². The molecule has 1 fully saturated rings. The summed E-state index contributed by atoms with van der Waals surface area (Å²) >= 11 is 5.94. The number of carbonyl (C=O) groups is 1. The highest BCUT2D eigenvalue weighted by molar-refractivity contribution is 6.31. The number of benzene rings is 1. The number of halogens is 2. The molecule has 4 rings (SSSR count). The van der Waals surface area contributed by atoms with Crippen molar-refractivity contribution >= 4 is 34.4 Å². The van der Waals surface area contributed by atoms with E-state index < -0.39 is 5.82 Å². The number of carbonyl (C=O) groups excluding carboxylic acids is 1. The summed E-state index contributed by atoms with van der Waals surface area (Å²) in [5.74, 6) is -0.177. The second kappa shape index (κ2) is 8.24. The maximum Gasteiger partial charge on any atom is 0.225 e. The van der Waals surface area contributed by atoms with Gasteiger partial charge in [-0.25, -0.2) is 14.4 Å². The number of nitrogens with zero attached hydrogens (tertiary/aromatic N) is 3. The first kappa shape index (κ1) is 18.8. The summed E-state index contributed by atoms with van der Waals surface area (Å²) in [6.45, 7) is 2.85. The van der Waals surface area contributed by atoms with Gasteiger partial charge in [-0.3, -0.25) is 4.79 Å². The Hall–Kier alpha value is -2.51. The Kier molecular flexibility index (Phi) is 5.54. The van der Waals surface area contributed by atoms with E-state index in [-0.39, 0.29) is 11.5 Å². The van der Waals surface area contributed by atoms with Crippen molar-refractivity contribution < 1.29 is 9.18 Å². The molecular formula is C20H21ClFN5O. The molecule has 1 aliphatic heterocycles. The van der Waals surface area contributed by atoms with Crippen molar-refractivity contribution in [3.8, 4) is 11.4 Å². The molecule has 0 bridgehead atoms. The van der Waals surface area contributed by atoms with Gasteiger partial charge in [-0.15, -0.1) is 0 Å². The molecule has 2 N–H and O–H groups in total. The lowest BCUT2D eigenvalue weighted by Gasteiger charge is -2.25. The smallest absolute Gasteiger partial charge is 0.225 e. The molecule has 0 aliphatic carbocycles. The highest BCUT2D eigenvalue weighted by atomic mass is 35.5. The molecule has 2 aromatic heterocycles. The van der Waals surface area contributed by atoms with Gasteiger partial charge in [0.2, 0.25) is 5.91 Å². The Morgan fingerprint density at radius 3 is 2.89 bits per heavy atom. The Bertz CT molecular complexity index is 999. The number of aromatic nitrogens is 3. The number of nitrogens with one attached hydrogen (secondary N) is 2. The molecular weight excluding hydrogens is 381 g/mol. The molecule has 0 saturated carbocycles. The van der Waals surface area contributed by atoms with Crippen molar-refractivity contribution in [3.05, 3.63) is 41.3 Å². The molecule has 0 unspecified atom stereocenters. The zero-order valence-electron chi connectivity index (χ0n) is 15.3. The second-order valence-corrected chi connectivity index (χ2v) is 7.44. The van der Waals surface area contributed by atoms with E-state index in [1.165, 1.54) is 31.5 Å².